The molecule has 5 heteroatoms. The predicted octanol–water partition coefficient (Wildman–Crippen LogP) is 4.77. The number of fused-ring (bicyclic) bond motifs is 6. The Morgan fingerprint density at radius 2 is 2.03 bits per heavy atom. The van der Waals surface area contributed by atoms with Gasteiger partial charge in [0.2, 0.25) is 5.79 Å². The van der Waals surface area contributed by atoms with Gasteiger partial charge in [0.05, 0.1) is 17.2 Å². The summed E-state index contributed by atoms with van der Waals surface area (Å²) in [5.74, 6) is -0.119. The van der Waals surface area contributed by atoms with E-state index in [4.69, 9.17) is 9.47 Å². The van der Waals surface area contributed by atoms with E-state index in [1.807, 2.05) is 29.7 Å². The van der Waals surface area contributed by atoms with Crippen LogP contribution in [0.1, 0.15) is 80.0 Å². The molecule has 2 bridgehead atoms. The number of aryl methyl sites for hydroxylation is 1. The summed E-state index contributed by atoms with van der Waals surface area (Å²) in [4.78, 5) is 13.4. The van der Waals surface area contributed by atoms with Crippen molar-refractivity contribution in [1.82, 2.24) is 4.57 Å². The second-order valence-electron chi connectivity index (χ2n) is 8.19. The van der Waals surface area contributed by atoms with Gasteiger partial charge in [0.1, 0.15) is 11.9 Å². The summed E-state index contributed by atoms with van der Waals surface area (Å²) in [6.45, 7) is 6.93. The van der Waals surface area contributed by atoms with Gasteiger partial charge in [-0.1, -0.05) is 32.8 Å². The van der Waals surface area contributed by atoms with Crippen LogP contribution in [0.4, 0.5) is 0 Å². The molecule has 1 aromatic heterocycles. The van der Waals surface area contributed by atoms with Crippen molar-refractivity contribution in [2.24, 2.45) is 0 Å². The van der Waals surface area contributed by atoms with Crippen LogP contribution < -0.4 is 10.3 Å². The summed E-state index contributed by atoms with van der Waals surface area (Å²) in [7, 11) is 0. The van der Waals surface area contributed by atoms with E-state index in [1.165, 1.54) is 0 Å². The van der Waals surface area contributed by atoms with Crippen LogP contribution in [0.15, 0.2) is 29.1 Å². The van der Waals surface area contributed by atoms with Gasteiger partial charge in [0.25, 0.3) is 5.56 Å². The molecule has 0 N–H and O–H groups in total. The van der Waals surface area contributed by atoms with Crippen LogP contribution in [-0.4, -0.2) is 10.4 Å². The van der Waals surface area contributed by atoms with E-state index < -0.39 is 11.9 Å². The van der Waals surface area contributed by atoms with E-state index in [-0.39, 0.29) is 5.56 Å². The summed E-state index contributed by atoms with van der Waals surface area (Å²) in [6, 6.07) is 9.88. The van der Waals surface area contributed by atoms with Gasteiger partial charge in [-0.05, 0) is 43.0 Å². The van der Waals surface area contributed by atoms with Crippen LogP contribution in [0.5, 0.6) is 5.75 Å². The first kappa shape index (κ1) is 19.7. The average molecular weight is 392 g/mol. The molecule has 0 amide bonds. The van der Waals surface area contributed by atoms with Crippen molar-refractivity contribution in [3.63, 3.8) is 0 Å². The number of pyridine rings is 1. The van der Waals surface area contributed by atoms with Gasteiger partial charge in [-0.2, -0.15) is 5.26 Å². The number of benzene rings is 1. The molecule has 0 fully saturated rings. The first-order valence-corrected chi connectivity index (χ1v) is 10.7. The maximum absolute atomic E-state index is 13.4. The molecule has 0 aliphatic carbocycles. The van der Waals surface area contributed by atoms with Crippen LogP contribution in [-0.2, 0) is 17.7 Å². The summed E-state index contributed by atoms with van der Waals surface area (Å²) in [5, 5.41) is 9.33. The van der Waals surface area contributed by atoms with Crippen molar-refractivity contribution in [3.05, 3.63) is 62.6 Å². The van der Waals surface area contributed by atoms with Crippen molar-refractivity contribution in [3.8, 4) is 11.8 Å². The molecular weight excluding hydrogens is 364 g/mol. The minimum Gasteiger partial charge on any atom is -0.461 e. The Labute approximate surface area is 171 Å². The molecule has 0 saturated heterocycles. The zero-order valence-electron chi connectivity index (χ0n) is 17.5. The van der Waals surface area contributed by atoms with Gasteiger partial charge < -0.3 is 14.0 Å². The van der Waals surface area contributed by atoms with Crippen LogP contribution >= 0.6 is 0 Å². The lowest BCUT2D eigenvalue weighted by Crippen LogP contribution is -2.51. The Morgan fingerprint density at radius 3 is 2.76 bits per heavy atom. The van der Waals surface area contributed by atoms with Crippen LogP contribution in [0.25, 0.3) is 0 Å². The van der Waals surface area contributed by atoms with Gasteiger partial charge in [-0.15, -0.1) is 0 Å². The Hall–Kier alpha value is -2.58. The summed E-state index contributed by atoms with van der Waals surface area (Å²) in [5.41, 5.74) is 4.13. The fraction of sp³-hybridized carbons (Fsp3) is 0.500. The van der Waals surface area contributed by atoms with Crippen molar-refractivity contribution in [2.75, 3.05) is 0 Å². The molecule has 0 radical (unpaired) electrons. The summed E-state index contributed by atoms with van der Waals surface area (Å²) < 4.78 is 14.8. The number of hydrogen-bond acceptors (Lipinski definition) is 4. The lowest BCUT2D eigenvalue weighted by Gasteiger charge is -2.46. The highest BCUT2D eigenvalue weighted by molar-refractivity contribution is 5.49. The standard InChI is InChI=1S/C24H28N2O3/c1-4-6-10-24-14-18-13-17(15-25)8-9-19(18)22(29-24)21-20(28-24)12-16(3)26(23(21)27)11-7-5-2/h8-9,12-13,22H,4-7,10-11,14H2,1-3H3/t22?,24-/m1/s1. The minimum atomic E-state index is -0.775. The molecule has 2 aromatic rings. The third-order valence-electron chi connectivity index (χ3n) is 6.06. The maximum Gasteiger partial charge on any atom is 0.260 e. The lowest BCUT2D eigenvalue weighted by atomic mass is 9.84. The van der Waals surface area contributed by atoms with Gasteiger partial charge in [-0.3, -0.25) is 4.79 Å². The first-order valence-electron chi connectivity index (χ1n) is 10.7. The fourth-order valence-corrected chi connectivity index (χ4v) is 4.49. The number of hydrogen-bond donors (Lipinski definition) is 0. The Morgan fingerprint density at radius 1 is 1.24 bits per heavy atom. The normalized spacial score (nSPS) is 21.7. The van der Waals surface area contributed by atoms with E-state index in [0.717, 1.165) is 48.9 Å². The molecule has 29 heavy (non-hydrogen) atoms. The van der Waals surface area contributed by atoms with E-state index in [2.05, 4.69) is 19.9 Å². The largest absolute Gasteiger partial charge is 0.461 e. The van der Waals surface area contributed by atoms with Gasteiger partial charge >= 0.3 is 0 Å². The van der Waals surface area contributed by atoms with Crippen molar-refractivity contribution in [1.29, 1.82) is 5.26 Å². The minimum absolute atomic E-state index is 0.0280. The highest BCUT2D eigenvalue weighted by Crippen LogP contribution is 2.48. The van der Waals surface area contributed by atoms with Crippen molar-refractivity contribution < 1.29 is 9.47 Å². The molecule has 2 aliphatic heterocycles. The number of unbranched alkanes of at least 4 members (excludes halogenated alkanes) is 2. The smallest absolute Gasteiger partial charge is 0.260 e. The van der Waals surface area contributed by atoms with Crippen molar-refractivity contribution >= 4 is 0 Å². The van der Waals surface area contributed by atoms with Crippen LogP contribution in [0, 0.1) is 18.3 Å². The van der Waals surface area contributed by atoms with E-state index in [9.17, 15) is 10.1 Å². The second kappa shape index (κ2) is 7.68. The Bertz CT molecular complexity index is 1030. The molecule has 0 saturated carbocycles. The zero-order chi connectivity index (χ0) is 20.6. The van der Waals surface area contributed by atoms with Crippen LogP contribution in [0.3, 0.4) is 0 Å². The number of nitrogens with zero attached hydrogens (tertiary/aromatic N) is 2. The van der Waals surface area contributed by atoms with E-state index >= 15 is 0 Å². The molecule has 5 nitrogen and oxygen atoms in total. The topological polar surface area (TPSA) is 64.2 Å². The molecule has 3 heterocycles. The predicted molar refractivity (Wildman–Crippen MR) is 111 cm³/mol. The molecule has 152 valence electrons. The Balaban J connectivity index is 1.89. The molecule has 1 unspecified atom stereocenters. The number of ether oxygens (including phenoxy) is 2. The maximum atomic E-state index is 13.4. The quantitative estimate of drug-likeness (QED) is 0.710. The SMILES string of the molecule is CCCCn1c(C)cc2c(c1=O)C1O[C@](CCCC)(Cc3cc(C#N)ccc31)O2. The number of rotatable bonds is 6. The number of aromatic nitrogens is 1. The fourth-order valence-electron chi connectivity index (χ4n) is 4.49. The Kier molecular flexibility index (Phi) is 5.23. The van der Waals surface area contributed by atoms with Gasteiger partial charge in [-0.25, -0.2) is 0 Å². The summed E-state index contributed by atoms with van der Waals surface area (Å²) >= 11 is 0. The molecule has 2 atom stereocenters. The highest BCUT2D eigenvalue weighted by Gasteiger charge is 2.48. The van der Waals surface area contributed by atoms with Gasteiger partial charge in [0, 0.05) is 31.1 Å². The van der Waals surface area contributed by atoms with Crippen LogP contribution in [0.2, 0.25) is 0 Å². The highest BCUT2D eigenvalue weighted by atomic mass is 16.7. The molecule has 4 rings (SSSR count). The molecule has 0 spiro atoms. The molecule has 1 aromatic carbocycles. The molecular formula is C24H28N2O3. The monoisotopic (exact) mass is 392 g/mol. The molecule has 2 aliphatic rings. The average Bonchev–Trinajstić information content (AvgIpc) is 2.71. The van der Waals surface area contributed by atoms with E-state index in [0.29, 0.717) is 29.8 Å². The lowest BCUT2D eigenvalue weighted by molar-refractivity contribution is -0.232. The summed E-state index contributed by atoms with van der Waals surface area (Å²) in [6.07, 6.45) is 4.89. The van der Waals surface area contributed by atoms with Crippen molar-refractivity contribution in [2.45, 2.75) is 77.7 Å². The second-order valence-corrected chi connectivity index (χ2v) is 8.19. The zero-order valence-corrected chi connectivity index (χ0v) is 17.5. The van der Waals surface area contributed by atoms with E-state index in [1.54, 1.807) is 6.07 Å². The third kappa shape index (κ3) is 3.36. The number of nitriles is 1. The third-order valence-corrected chi connectivity index (χ3v) is 6.06. The first-order chi connectivity index (χ1) is 14.0. The van der Waals surface area contributed by atoms with Gasteiger partial charge in [0.15, 0.2) is 0 Å².